The Bertz CT molecular complexity index is 334. The molecule has 0 saturated carbocycles. The molecule has 1 atom stereocenters. The molecule has 1 N–H and O–H groups in total. The minimum absolute atomic E-state index is 0.580. The second-order valence-corrected chi connectivity index (χ2v) is 4.43. The average Bonchev–Trinajstić information content (AvgIpc) is 2.79. The van der Waals surface area contributed by atoms with Gasteiger partial charge in [0.2, 0.25) is 0 Å². The van der Waals surface area contributed by atoms with Gasteiger partial charge in [-0.3, -0.25) is 0 Å². The van der Waals surface area contributed by atoms with E-state index in [0.29, 0.717) is 6.04 Å². The van der Waals surface area contributed by atoms with E-state index in [0.717, 1.165) is 31.9 Å². The molecule has 0 spiro atoms. The molecule has 1 fully saturated rings. The summed E-state index contributed by atoms with van der Waals surface area (Å²) < 4.78 is 0. The topological polar surface area (TPSA) is 41.1 Å². The summed E-state index contributed by atoms with van der Waals surface area (Å²) in [5, 5.41) is 11.7. The highest BCUT2D eigenvalue weighted by molar-refractivity contribution is 5.40. The Hall–Kier alpha value is -1.16. The summed E-state index contributed by atoms with van der Waals surface area (Å²) in [7, 11) is 0. The highest BCUT2D eigenvalue weighted by Crippen LogP contribution is 2.18. The van der Waals surface area contributed by atoms with Crippen LogP contribution in [0.15, 0.2) is 12.3 Å². The van der Waals surface area contributed by atoms with E-state index in [1.54, 1.807) is 6.20 Å². The first kappa shape index (κ1) is 11.3. The SMILES string of the molecule is CCCN(c1cc(C)cnn1)C1CCNC1. The van der Waals surface area contributed by atoms with Crippen molar-refractivity contribution in [3.63, 3.8) is 0 Å². The second kappa shape index (κ2) is 5.25. The third-order valence-electron chi connectivity index (χ3n) is 3.01. The standard InChI is InChI=1S/C12H20N4/c1-3-6-16(11-4-5-13-9-11)12-7-10(2)8-14-15-12/h7-8,11,13H,3-6,9H2,1-2H3. The fourth-order valence-electron chi connectivity index (χ4n) is 2.22. The van der Waals surface area contributed by atoms with E-state index in [9.17, 15) is 0 Å². The van der Waals surface area contributed by atoms with Gasteiger partial charge in [0.25, 0.3) is 0 Å². The Kier molecular flexibility index (Phi) is 3.72. The van der Waals surface area contributed by atoms with Crippen molar-refractivity contribution >= 4 is 5.82 Å². The molecule has 1 saturated heterocycles. The van der Waals surface area contributed by atoms with Gasteiger partial charge in [-0.2, -0.15) is 5.10 Å². The van der Waals surface area contributed by atoms with Crippen LogP contribution in [0.1, 0.15) is 25.3 Å². The second-order valence-electron chi connectivity index (χ2n) is 4.43. The summed E-state index contributed by atoms with van der Waals surface area (Å²) in [6.45, 7) is 7.51. The van der Waals surface area contributed by atoms with E-state index in [4.69, 9.17) is 0 Å². The molecule has 1 unspecified atom stereocenters. The van der Waals surface area contributed by atoms with Crippen molar-refractivity contribution in [2.75, 3.05) is 24.5 Å². The first-order valence-corrected chi connectivity index (χ1v) is 6.08. The van der Waals surface area contributed by atoms with Crippen LogP contribution in [0.25, 0.3) is 0 Å². The monoisotopic (exact) mass is 220 g/mol. The van der Waals surface area contributed by atoms with Crippen molar-refractivity contribution in [2.45, 2.75) is 32.7 Å². The van der Waals surface area contributed by atoms with Gasteiger partial charge >= 0.3 is 0 Å². The van der Waals surface area contributed by atoms with Crippen LogP contribution >= 0.6 is 0 Å². The molecule has 1 aromatic rings. The van der Waals surface area contributed by atoms with E-state index in [2.05, 4.69) is 40.3 Å². The maximum Gasteiger partial charge on any atom is 0.151 e. The third-order valence-corrected chi connectivity index (χ3v) is 3.01. The van der Waals surface area contributed by atoms with Gasteiger partial charge in [0, 0.05) is 19.1 Å². The van der Waals surface area contributed by atoms with Gasteiger partial charge in [0.15, 0.2) is 5.82 Å². The number of rotatable bonds is 4. The molecular weight excluding hydrogens is 200 g/mol. The molecule has 0 aliphatic carbocycles. The van der Waals surface area contributed by atoms with E-state index >= 15 is 0 Å². The van der Waals surface area contributed by atoms with Crippen molar-refractivity contribution in [3.8, 4) is 0 Å². The van der Waals surface area contributed by atoms with Crippen molar-refractivity contribution < 1.29 is 0 Å². The molecule has 1 aliphatic rings. The number of hydrogen-bond donors (Lipinski definition) is 1. The van der Waals surface area contributed by atoms with E-state index in [1.165, 1.54) is 12.0 Å². The van der Waals surface area contributed by atoms with Crippen molar-refractivity contribution in [2.24, 2.45) is 0 Å². The van der Waals surface area contributed by atoms with E-state index in [1.807, 2.05) is 0 Å². The zero-order chi connectivity index (χ0) is 11.4. The van der Waals surface area contributed by atoms with Crippen LogP contribution in [0.4, 0.5) is 5.82 Å². The molecule has 16 heavy (non-hydrogen) atoms. The lowest BCUT2D eigenvalue weighted by molar-refractivity contribution is 0.613. The highest BCUT2D eigenvalue weighted by Gasteiger charge is 2.22. The van der Waals surface area contributed by atoms with Gasteiger partial charge in [-0.15, -0.1) is 5.10 Å². The lowest BCUT2D eigenvalue weighted by atomic mass is 10.2. The van der Waals surface area contributed by atoms with Gasteiger partial charge < -0.3 is 10.2 Å². The minimum Gasteiger partial charge on any atom is -0.351 e. The lowest BCUT2D eigenvalue weighted by Crippen LogP contribution is -2.38. The molecule has 88 valence electrons. The maximum absolute atomic E-state index is 4.25. The molecule has 4 nitrogen and oxygen atoms in total. The molecule has 0 amide bonds. The van der Waals surface area contributed by atoms with Gasteiger partial charge in [0.1, 0.15) is 0 Å². The lowest BCUT2D eigenvalue weighted by Gasteiger charge is -2.28. The number of nitrogens with zero attached hydrogens (tertiary/aromatic N) is 3. The van der Waals surface area contributed by atoms with Gasteiger partial charge in [-0.25, -0.2) is 0 Å². The Labute approximate surface area is 97.1 Å². The fraction of sp³-hybridized carbons (Fsp3) is 0.667. The largest absolute Gasteiger partial charge is 0.351 e. The van der Waals surface area contributed by atoms with Crippen molar-refractivity contribution in [1.82, 2.24) is 15.5 Å². The number of aromatic nitrogens is 2. The first-order valence-electron chi connectivity index (χ1n) is 6.08. The Morgan fingerprint density at radius 2 is 2.44 bits per heavy atom. The molecular formula is C12H20N4. The van der Waals surface area contributed by atoms with Gasteiger partial charge in [0.05, 0.1) is 6.20 Å². The van der Waals surface area contributed by atoms with Crippen LogP contribution in [0.2, 0.25) is 0 Å². The molecule has 1 aromatic heterocycles. The molecule has 2 rings (SSSR count). The third kappa shape index (κ3) is 2.50. The molecule has 1 aliphatic heterocycles. The van der Waals surface area contributed by atoms with Gasteiger partial charge in [-0.1, -0.05) is 6.92 Å². The number of hydrogen-bond acceptors (Lipinski definition) is 4. The summed E-state index contributed by atoms with van der Waals surface area (Å²) in [6, 6.07) is 2.71. The molecule has 0 aromatic carbocycles. The summed E-state index contributed by atoms with van der Waals surface area (Å²) in [6.07, 6.45) is 4.16. The van der Waals surface area contributed by atoms with Crippen LogP contribution < -0.4 is 10.2 Å². The first-order chi connectivity index (χ1) is 7.81. The quantitative estimate of drug-likeness (QED) is 0.832. The van der Waals surface area contributed by atoms with Crippen LogP contribution in [0.5, 0.6) is 0 Å². The number of anilines is 1. The van der Waals surface area contributed by atoms with Crippen LogP contribution in [-0.4, -0.2) is 35.9 Å². The highest BCUT2D eigenvalue weighted by atomic mass is 15.3. The van der Waals surface area contributed by atoms with E-state index in [-0.39, 0.29) is 0 Å². The minimum atomic E-state index is 0.580. The summed E-state index contributed by atoms with van der Waals surface area (Å²) in [5.41, 5.74) is 1.18. The van der Waals surface area contributed by atoms with Crippen LogP contribution in [0.3, 0.4) is 0 Å². The predicted octanol–water partition coefficient (Wildman–Crippen LogP) is 1.36. The number of nitrogens with one attached hydrogen (secondary N) is 1. The van der Waals surface area contributed by atoms with Crippen molar-refractivity contribution in [3.05, 3.63) is 17.8 Å². The zero-order valence-electron chi connectivity index (χ0n) is 10.1. The van der Waals surface area contributed by atoms with Crippen molar-refractivity contribution in [1.29, 1.82) is 0 Å². The zero-order valence-corrected chi connectivity index (χ0v) is 10.1. The predicted molar refractivity (Wildman–Crippen MR) is 65.7 cm³/mol. The Morgan fingerprint density at radius 3 is 3.06 bits per heavy atom. The normalized spacial score (nSPS) is 20.0. The van der Waals surface area contributed by atoms with Gasteiger partial charge in [-0.05, 0) is 37.9 Å². The molecule has 2 heterocycles. The van der Waals surface area contributed by atoms with Crippen LogP contribution in [0, 0.1) is 6.92 Å². The molecule has 0 bridgehead atoms. The summed E-state index contributed by atoms with van der Waals surface area (Å²) in [5.74, 6) is 1.02. The summed E-state index contributed by atoms with van der Waals surface area (Å²) in [4.78, 5) is 2.39. The summed E-state index contributed by atoms with van der Waals surface area (Å²) >= 11 is 0. The Morgan fingerprint density at radius 1 is 1.56 bits per heavy atom. The van der Waals surface area contributed by atoms with E-state index < -0.39 is 0 Å². The molecule has 0 radical (unpaired) electrons. The maximum atomic E-state index is 4.25. The fourth-order valence-corrected chi connectivity index (χ4v) is 2.22. The molecule has 4 heteroatoms. The smallest absolute Gasteiger partial charge is 0.151 e. The number of aryl methyl sites for hydroxylation is 1. The van der Waals surface area contributed by atoms with Crippen LogP contribution in [-0.2, 0) is 0 Å². The Balaban J connectivity index is 2.17. The average molecular weight is 220 g/mol.